The Morgan fingerprint density at radius 3 is 2.08 bits per heavy atom. The molecule has 5 aliphatic rings. The SMILES string of the molecule is CCOC(=O)[C@H](CCCCNC(=O)COCC(=O)O[C@@H](C(=O)O[C@H]1C[C@@]2(O)[C@@H](OC(=O)c3ccccc3)[C@@H]3[C@]4(OC(C)=O)CO[C@@H]4C[C@H](O)[C@@]3(C)C(=O)[C@H](OC(C)=O)C(=C1C)C2(C)C)C(NC(=O)c1ccccc1)C1=CC=C=C1)CC(=O)CNC(=O)CNC(=O)COC. The van der Waals surface area contributed by atoms with E-state index in [0.29, 0.717) is 12.8 Å². The molecular weight excluding hydrogens is 1220 g/mol. The predicted octanol–water partition coefficient (Wildman–Crippen LogP) is 1.89. The number of hydrogen-bond donors (Lipinski definition) is 6. The fraction of sp³-hybridized carbons (Fsp3) is 0.530. The molecule has 1 aliphatic heterocycles. The second-order valence-corrected chi connectivity index (χ2v) is 24.1. The Hall–Kier alpha value is -8.72. The normalized spacial score (nSPS) is 25.6. The van der Waals surface area contributed by atoms with E-state index >= 15 is 9.59 Å². The van der Waals surface area contributed by atoms with Crippen molar-refractivity contribution >= 4 is 71.0 Å². The summed E-state index contributed by atoms with van der Waals surface area (Å²) in [4.78, 5) is 163. The van der Waals surface area contributed by atoms with Gasteiger partial charge in [0.2, 0.25) is 23.8 Å². The van der Waals surface area contributed by atoms with Gasteiger partial charge in [0.15, 0.2) is 23.3 Å². The van der Waals surface area contributed by atoms with E-state index in [4.69, 9.17) is 42.6 Å². The number of carbonyl (C=O) groups is 12. The Labute approximate surface area is 536 Å². The molecule has 0 aromatic heterocycles. The van der Waals surface area contributed by atoms with Crippen molar-refractivity contribution in [1.82, 2.24) is 21.3 Å². The van der Waals surface area contributed by atoms with Gasteiger partial charge in [-0.25, -0.2) is 14.4 Å². The molecule has 3 fully saturated rings. The molecule has 502 valence electrons. The van der Waals surface area contributed by atoms with Gasteiger partial charge in [-0.3, -0.25) is 43.2 Å². The molecule has 7 rings (SSSR count). The maximum absolute atomic E-state index is 15.8. The van der Waals surface area contributed by atoms with E-state index in [2.05, 4.69) is 27.0 Å². The summed E-state index contributed by atoms with van der Waals surface area (Å²) in [6.45, 7) is 6.55. The number of esters is 6. The Kier molecular flexibility index (Phi) is 24.1. The van der Waals surface area contributed by atoms with E-state index in [9.17, 15) is 58.2 Å². The van der Waals surface area contributed by atoms with Crippen LogP contribution in [0.4, 0.5) is 0 Å². The standard InChI is InChI=1S/C66H80N4O23/c1-9-87-60(81)43(28-44(73)31-68-48(75)32-69-49(76)33-85-8)26-18-19-27-67-50(77)34-86-35-51(78)91-55(53(40-20-16-17-21-40)70-59(80)41-22-12-10-13-23-41)62(83)90-45-30-66(84)58(92-61(82)42-24-14-11-15-25-42)56-64(7,46(74)29-47-65(56,36-88-47)93-39(4)72)57(79)54(89-38(3)71)52(37(45)2)63(66,5)6/h10-16,20-25,43,45-47,53-56,58,74,84H,9,18-19,26-36H2,1-8H3,(H,67,77)(H,68,75)(H,69,76)(H,70,80)/t43-,45+,46+,47-,53?,54-,55-,56+,58+,64-,65+,66-/m1/s1. The average molecular weight is 1300 g/mol. The molecule has 2 bridgehead atoms. The molecule has 2 aromatic carbocycles. The topological polar surface area (TPSA) is 376 Å². The molecule has 1 unspecified atom stereocenters. The highest BCUT2D eigenvalue weighted by Gasteiger charge is 2.78. The first kappa shape index (κ1) is 71.7. The van der Waals surface area contributed by atoms with Gasteiger partial charge in [-0.1, -0.05) is 56.7 Å². The van der Waals surface area contributed by atoms with Crippen molar-refractivity contribution in [2.75, 3.05) is 59.8 Å². The Bertz CT molecular complexity index is 3320. The first-order valence-corrected chi connectivity index (χ1v) is 30.5. The van der Waals surface area contributed by atoms with E-state index in [1.165, 1.54) is 77.3 Å². The number of rotatable bonds is 30. The van der Waals surface area contributed by atoms with Crippen molar-refractivity contribution < 1.29 is 110 Å². The first-order chi connectivity index (χ1) is 44.1. The Morgan fingerprint density at radius 2 is 1.46 bits per heavy atom. The van der Waals surface area contributed by atoms with E-state index in [0.717, 1.165) is 13.8 Å². The summed E-state index contributed by atoms with van der Waals surface area (Å²) < 4.78 is 52.0. The molecule has 4 aliphatic carbocycles. The number of fused-ring (bicyclic) bond motifs is 5. The van der Waals surface area contributed by atoms with E-state index in [1.807, 2.05) is 0 Å². The van der Waals surface area contributed by atoms with Crippen molar-refractivity contribution in [3.05, 3.63) is 112 Å². The van der Waals surface area contributed by atoms with Gasteiger partial charge in [-0.05, 0) is 92.8 Å². The highest BCUT2D eigenvalue weighted by atomic mass is 16.6. The van der Waals surface area contributed by atoms with Crippen LogP contribution in [0.25, 0.3) is 0 Å². The number of ketones is 2. The first-order valence-electron chi connectivity index (χ1n) is 30.5. The lowest BCUT2D eigenvalue weighted by Crippen LogP contribution is -2.82. The number of nitrogens with one attached hydrogen (secondary N) is 4. The van der Waals surface area contributed by atoms with Gasteiger partial charge < -0.3 is 74.1 Å². The van der Waals surface area contributed by atoms with Crippen LogP contribution >= 0.6 is 0 Å². The number of hydrogen-bond acceptors (Lipinski definition) is 23. The van der Waals surface area contributed by atoms with Gasteiger partial charge in [0.1, 0.15) is 49.8 Å². The molecular formula is C66H80N4O23. The summed E-state index contributed by atoms with van der Waals surface area (Å²) in [5.74, 6) is -12.6. The minimum absolute atomic E-state index is 0.00645. The van der Waals surface area contributed by atoms with E-state index < -0.39 is 180 Å². The highest BCUT2D eigenvalue weighted by molar-refractivity contribution is 5.97. The van der Waals surface area contributed by atoms with Crippen LogP contribution in [0.5, 0.6) is 0 Å². The quantitative estimate of drug-likeness (QED) is 0.0214. The fourth-order valence-corrected chi connectivity index (χ4v) is 12.9. The van der Waals surface area contributed by atoms with Gasteiger partial charge in [0, 0.05) is 57.7 Å². The van der Waals surface area contributed by atoms with Crippen molar-refractivity contribution in [3.63, 3.8) is 0 Å². The highest BCUT2D eigenvalue weighted by Crippen LogP contribution is 2.64. The van der Waals surface area contributed by atoms with Crippen molar-refractivity contribution in [2.45, 2.75) is 141 Å². The molecule has 6 N–H and O–H groups in total. The van der Waals surface area contributed by atoms with Crippen LogP contribution in [-0.4, -0.2) is 195 Å². The summed E-state index contributed by atoms with van der Waals surface area (Å²) in [6, 6.07) is 13.9. The van der Waals surface area contributed by atoms with E-state index in [1.54, 1.807) is 43.3 Å². The van der Waals surface area contributed by atoms with Gasteiger partial charge in [-0.15, -0.1) is 5.73 Å². The van der Waals surface area contributed by atoms with Gasteiger partial charge >= 0.3 is 35.8 Å². The Balaban J connectivity index is 1.14. The lowest BCUT2D eigenvalue weighted by molar-refractivity contribution is -0.346. The summed E-state index contributed by atoms with van der Waals surface area (Å²) in [5, 5.41) is 36.4. The molecule has 12 atom stereocenters. The second kappa shape index (κ2) is 31.3. The van der Waals surface area contributed by atoms with Crippen LogP contribution in [0.3, 0.4) is 0 Å². The van der Waals surface area contributed by atoms with Crippen LogP contribution < -0.4 is 21.3 Å². The van der Waals surface area contributed by atoms with E-state index in [-0.39, 0.29) is 73.4 Å². The average Bonchev–Trinajstić information content (AvgIpc) is 0.755. The molecule has 2 aromatic rings. The van der Waals surface area contributed by atoms with Gasteiger partial charge in [0.25, 0.3) is 5.91 Å². The molecule has 1 saturated heterocycles. The fourth-order valence-electron chi connectivity index (χ4n) is 12.9. The summed E-state index contributed by atoms with van der Waals surface area (Å²) >= 11 is 0. The molecule has 2 saturated carbocycles. The largest absolute Gasteiger partial charge is 0.466 e. The number of amides is 4. The van der Waals surface area contributed by atoms with Crippen LogP contribution in [0.2, 0.25) is 0 Å². The summed E-state index contributed by atoms with van der Waals surface area (Å²) in [5.41, 5.74) is -5.36. The number of carbonyl (C=O) groups excluding carboxylic acids is 12. The van der Waals surface area contributed by atoms with Crippen LogP contribution in [-0.2, 0) is 90.6 Å². The number of aliphatic hydroxyl groups is 2. The number of aliphatic hydroxyl groups excluding tert-OH is 1. The zero-order valence-corrected chi connectivity index (χ0v) is 53.1. The maximum atomic E-state index is 15.8. The summed E-state index contributed by atoms with van der Waals surface area (Å²) in [6.07, 6.45) is -6.61. The number of Topliss-reactive ketones (excluding diaryl/α,β-unsaturated/α-hetero) is 2. The zero-order chi connectivity index (χ0) is 68.0. The number of unbranched alkanes of at least 4 members (excludes halogenated alkanes) is 1. The molecule has 93 heavy (non-hydrogen) atoms. The summed E-state index contributed by atoms with van der Waals surface area (Å²) in [7, 11) is 1.31. The monoisotopic (exact) mass is 1300 g/mol. The van der Waals surface area contributed by atoms with Gasteiger partial charge in [-0.2, -0.15) is 0 Å². The maximum Gasteiger partial charge on any atom is 0.350 e. The third-order valence-corrected chi connectivity index (χ3v) is 17.6. The van der Waals surface area contributed by atoms with Crippen molar-refractivity contribution in [1.29, 1.82) is 0 Å². The molecule has 27 heteroatoms. The predicted molar refractivity (Wildman–Crippen MR) is 322 cm³/mol. The van der Waals surface area contributed by atoms with Crippen molar-refractivity contribution in [3.8, 4) is 0 Å². The van der Waals surface area contributed by atoms with Crippen molar-refractivity contribution in [2.24, 2.45) is 22.7 Å². The molecule has 0 radical (unpaired) electrons. The van der Waals surface area contributed by atoms with Crippen LogP contribution in [0, 0.1) is 22.7 Å². The number of allylic oxidation sites excluding steroid dienone is 1. The van der Waals surface area contributed by atoms with Crippen LogP contribution in [0.1, 0.15) is 108 Å². The number of benzene rings is 2. The minimum Gasteiger partial charge on any atom is -0.466 e. The second-order valence-electron chi connectivity index (χ2n) is 24.1. The smallest absolute Gasteiger partial charge is 0.350 e. The molecule has 27 nitrogen and oxygen atoms in total. The number of ether oxygens (including phenoxy) is 9. The Morgan fingerprint density at radius 1 is 0.796 bits per heavy atom. The van der Waals surface area contributed by atoms with Crippen LogP contribution in [0.15, 0.2) is 101 Å². The zero-order valence-electron chi connectivity index (χ0n) is 53.1. The lowest BCUT2D eigenvalue weighted by Gasteiger charge is -2.67. The third-order valence-electron chi connectivity index (χ3n) is 17.6. The molecule has 0 spiro atoms. The molecule has 4 amide bonds. The minimum atomic E-state index is -2.56. The lowest BCUT2D eigenvalue weighted by atomic mass is 9.44. The number of methoxy groups -OCH3 is 1. The third kappa shape index (κ3) is 16.4. The van der Waals surface area contributed by atoms with Gasteiger partial charge in [0.05, 0.1) is 55.2 Å². The molecule has 1 heterocycles.